The van der Waals surface area contributed by atoms with Gasteiger partial charge in [0.25, 0.3) is 5.91 Å². The first-order valence-electron chi connectivity index (χ1n) is 10.9. The van der Waals surface area contributed by atoms with Crippen LogP contribution < -0.4 is 11.1 Å². The van der Waals surface area contributed by atoms with E-state index in [1.165, 1.54) is 0 Å². The van der Waals surface area contributed by atoms with E-state index in [1.807, 2.05) is 25.1 Å². The number of hydrogen-bond acceptors (Lipinski definition) is 5. The Bertz CT molecular complexity index is 1410. The van der Waals surface area contributed by atoms with Crippen LogP contribution in [0.2, 0.25) is 5.02 Å². The number of carboxylic acids is 1. The van der Waals surface area contributed by atoms with Gasteiger partial charge in [-0.2, -0.15) is 0 Å². The van der Waals surface area contributed by atoms with Gasteiger partial charge in [0.15, 0.2) is 0 Å². The predicted molar refractivity (Wildman–Crippen MR) is 127 cm³/mol. The Hall–Kier alpha value is -3.69. The molecule has 0 spiro atoms. The third-order valence-electron chi connectivity index (χ3n) is 6.33. The molecule has 1 aliphatic heterocycles. The van der Waals surface area contributed by atoms with Gasteiger partial charge in [-0.3, -0.25) is 14.2 Å². The van der Waals surface area contributed by atoms with Crippen LogP contribution in [0.15, 0.2) is 49.1 Å². The number of nitrogens with zero attached hydrogens (tertiary/aromatic N) is 4. The molecule has 0 aliphatic carbocycles. The number of nitrogens with one attached hydrogen (secondary N) is 1. The number of carbonyl (C=O) groups excluding carboxylic acids is 1. The molecule has 34 heavy (non-hydrogen) atoms. The van der Waals surface area contributed by atoms with Crippen LogP contribution in [0.4, 0.5) is 0 Å². The summed E-state index contributed by atoms with van der Waals surface area (Å²) in [4.78, 5) is 24.7. The molecule has 2 unspecified atom stereocenters. The van der Waals surface area contributed by atoms with Gasteiger partial charge in [-0.15, -0.1) is 10.2 Å². The maximum Gasteiger partial charge on any atom is 0.325 e. The minimum absolute atomic E-state index is 0.139. The number of aryl methyl sites for hydroxylation is 1. The number of carboxylic acid groups (broad SMARTS) is 1. The average Bonchev–Trinajstić information content (AvgIpc) is 3.44. The molecule has 4 aromatic rings. The van der Waals surface area contributed by atoms with Crippen LogP contribution in [0.3, 0.4) is 0 Å². The topological polar surface area (TPSA) is 128 Å². The first kappa shape index (κ1) is 22.1. The molecule has 9 nitrogen and oxygen atoms in total. The first-order chi connectivity index (χ1) is 16.3. The van der Waals surface area contributed by atoms with E-state index in [1.54, 1.807) is 35.4 Å². The van der Waals surface area contributed by atoms with E-state index in [-0.39, 0.29) is 11.9 Å². The molecule has 5 rings (SSSR count). The van der Waals surface area contributed by atoms with Crippen LogP contribution in [-0.2, 0) is 17.8 Å². The predicted octanol–water partition coefficient (Wildman–Crippen LogP) is 3.01. The summed E-state index contributed by atoms with van der Waals surface area (Å²) in [5.74, 6) is -1.32. The molecule has 174 valence electrons. The highest BCUT2D eigenvalue weighted by atomic mass is 35.5. The Morgan fingerprint density at radius 3 is 2.68 bits per heavy atom. The second kappa shape index (κ2) is 8.58. The van der Waals surface area contributed by atoms with Gasteiger partial charge in [-0.25, -0.2) is 0 Å². The van der Waals surface area contributed by atoms with Gasteiger partial charge in [-0.1, -0.05) is 23.2 Å². The summed E-state index contributed by atoms with van der Waals surface area (Å²) in [6.45, 7) is 2.48. The Morgan fingerprint density at radius 1 is 1.21 bits per heavy atom. The maximum absolute atomic E-state index is 13.0. The summed E-state index contributed by atoms with van der Waals surface area (Å²) in [5.41, 5.74) is 10.7. The van der Waals surface area contributed by atoms with Crippen molar-refractivity contribution in [2.45, 2.75) is 38.4 Å². The number of hydrogen-bond donors (Lipinski definition) is 3. The molecule has 4 N–H and O–H groups in total. The number of aromatic nitrogens is 4. The van der Waals surface area contributed by atoms with E-state index >= 15 is 0 Å². The fraction of sp³-hybridized carbons (Fsp3) is 0.250. The normalized spacial score (nSPS) is 16.3. The zero-order valence-electron chi connectivity index (χ0n) is 18.4. The molecular formula is C24H23ClN6O3. The van der Waals surface area contributed by atoms with Gasteiger partial charge >= 0.3 is 5.97 Å². The number of fused-ring (bicyclic) bond motifs is 3. The van der Waals surface area contributed by atoms with Gasteiger partial charge in [0.1, 0.15) is 18.7 Å². The van der Waals surface area contributed by atoms with Crippen molar-refractivity contribution in [2.24, 2.45) is 5.73 Å². The Labute approximate surface area is 200 Å². The van der Waals surface area contributed by atoms with Gasteiger partial charge in [0, 0.05) is 40.4 Å². The fourth-order valence-electron chi connectivity index (χ4n) is 4.68. The summed E-state index contributed by atoms with van der Waals surface area (Å²) >= 11 is 6.41. The van der Waals surface area contributed by atoms with E-state index < -0.39 is 12.0 Å². The average molecular weight is 479 g/mol. The van der Waals surface area contributed by atoms with Gasteiger partial charge in [0.05, 0.1) is 10.6 Å². The van der Waals surface area contributed by atoms with E-state index in [0.717, 1.165) is 27.8 Å². The quantitative estimate of drug-likeness (QED) is 0.404. The Kier molecular flexibility index (Phi) is 5.59. The van der Waals surface area contributed by atoms with Crippen molar-refractivity contribution >= 4 is 34.4 Å². The second-order valence-electron chi connectivity index (χ2n) is 8.55. The number of carbonyl (C=O) groups is 2. The molecule has 2 aromatic heterocycles. The number of rotatable bonds is 5. The molecule has 2 atom stereocenters. The molecule has 0 saturated carbocycles. The van der Waals surface area contributed by atoms with E-state index in [9.17, 15) is 14.7 Å². The fourth-order valence-corrected chi connectivity index (χ4v) is 4.94. The lowest BCUT2D eigenvalue weighted by Crippen LogP contribution is -2.41. The van der Waals surface area contributed by atoms with Gasteiger partial charge in [0.2, 0.25) is 0 Å². The van der Waals surface area contributed by atoms with Crippen LogP contribution in [0.1, 0.15) is 39.6 Å². The Morgan fingerprint density at radius 2 is 1.97 bits per heavy atom. The third kappa shape index (κ3) is 3.82. The van der Waals surface area contributed by atoms with Crippen molar-refractivity contribution in [3.05, 3.63) is 76.5 Å². The van der Waals surface area contributed by atoms with Crippen LogP contribution in [-0.4, -0.2) is 42.4 Å². The molecule has 0 fully saturated rings. The van der Waals surface area contributed by atoms with Crippen molar-refractivity contribution in [2.75, 3.05) is 0 Å². The third-order valence-corrected chi connectivity index (χ3v) is 6.64. The number of amides is 1. The van der Waals surface area contributed by atoms with Gasteiger partial charge < -0.3 is 20.7 Å². The lowest BCUT2D eigenvalue weighted by Gasteiger charge is -2.27. The zero-order chi connectivity index (χ0) is 24.0. The molecule has 0 saturated heterocycles. The highest BCUT2D eigenvalue weighted by Gasteiger charge is 2.30. The summed E-state index contributed by atoms with van der Waals surface area (Å²) < 4.78 is 3.78. The molecule has 1 amide bonds. The minimum atomic E-state index is -1.10. The maximum atomic E-state index is 13.0. The molecule has 3 heterocycles. The zero-order valence-corrected chi connectivity index (χ0v) is 19.2. The number of aliphatic carboxylic acids is 1. The summed E-state index contributed by atoms with van der Waals surface area (Å²) in [6, 6.07) is 9.86. The lowest BCUT2D eigenvalue weighted by atomic mass is 9.97. The SMILES string of the molecule is Cc1ccc2c(c1)c(C(N)C(=O)O)c1n2CC(NC(=O)c2ccc(-n3cnnc3)cc2Cl)CC1. The summed E-state index contributed by atoms with van der Waals surface area (Å²) in [7, 11) is 0. The second-order valence-corrected chi connectivity index (χ2v) is 8.96. The molecule has 0 radical (unpaired) electrons. The summed E-state index contributed by atoms with van der Waals surface area (Å²) in [6.07, 6.45) is 4.38. The van der Waals surface area contributed by atoms with Crippen molar-refractivity contribution in [3.8, 4) is 5.69 Å². The smallest absolute Gasteiger partial charge is 0.325 e. The van der Waals surface area contributed by atoms with Gasteiger partial charge in [-0.05, 0) is 50.1 Å². The largest absolute Gasteiger partial charge is 0.480 e. The standard InChI is InChI=1S/C24H23ClN6O3/c1-13-2-6-19-17(8-13)21(22(26)24(33)34)20-7-3-14(10-31(19)20)29-23(32)16-5-4-15(9-18(16)25)30-11-27-28-12-30/h2,4-6,8-9,11-12,14,22H,3,7,10,26H2,1H3,(H,29,32)(H,33,34). The van der Waals surface area contributed by atoms with Crippen molar-refractivity contribution in [3.63, 3.8) is 0 Å². The van der Waals surface area contributed by atoms with E-state index in [4.69, 9.17) is 17.3 Å². The molecule has 10 heteroatoms. The van der Waals surface area contributed by atoms with Crippen molar-refractivity contribution < 1.29 is 14.7 Å². The monoisotopic (exact) mass is 478 g/mol. The number of benzene rings is 2. The van der Waals surface area contributed by atoms with Crippen LogP contribution in [0.25, 0.3) is 16.6 Å². The number of nitrogens with two attached hydrogens (primary N) is 1. The minimum Gasteiger partial charge on any atom is -0.480 e. The van der Waals surface area contributed by atoms with Crippen molar-refractivity contribution in [1.82, 2.24) is 24.6 Å². The lowest BCUT2D eigenvalue weighted by molar-refractivity contribution is -0.138. The van der Waals surface area contributed by atoms with Crippen LogP contribution in [0.5, 0.6) is 0 Å². The highest BCUT2D eigenvalue weighted by molar-refractivity contribution is 6.34. The first-order valence-corrected chi connectivity index (χ1v) is 11.3. The molecule has 0 bridgehead atoms. The highest BCUT2D eigenvalue weighted by Crippen LogP contribution is 2.35. The van der Waals surface area contributed by atoms with E-state index in [0.29, 0.717) is 35.5 Å². The molecular weight excluding hydrogens is 456 g/mol. The number of halogens is 1. The van der Waals surface area contributed by atoms with Crippen molar-refractivity contribution in [1.29, 1.82) is 0 Å². The molecule has 1 aliphatic rings. The van der Waals surface area contributed by atoms with E-state index in [2.05, 4.69) is 20.1 Å². The Balaban J connectivity index is 1.41. The van der Waals surface area contributed by atoms with Crippen LogP contribution >= 0.6 is 11.6 Å². The molecule has 2 aromatic carbocycles. The summed E-state index contributed by atoms with van der Waals surface area (Å²) in [5, 5.41) is 21.4. The van der Waals surface area contributed by atoms with Crippen LogP contribution in [0, 0.1) is 6.92 Å².